The lowest BCUT2D eigenvalue weighted by molar-refractivity contribution is -0.149. The minimum atomic E-state index is -3.68. The third kappa shape index (κ3) is 2.21. The van der Waals surface area contributed by atoms with Gasteiger partial charge in [0.05, 0.1) is 13.0 Å². The summed E-state index contributed by atoms with van der Waals surface area (Å²) in [5, 5.41) is -0.0704. The van der Waals surface area contributed by atoms with Crippen LogP contribution in [-0.4, -0.2) is 43.9 Å². The predicted octanol–water partition coefficient (Wildman–Crippen LogP) is 0.528. The molecule has 1 saturated heterocycles. The third-order valence-corrected chi connectivity index (χ3v) is 5.00. The van der Waals surface area contributed by atoms with Crippen LogP contribution in [0.2, 0.25) is 5.15 Å². The topological polar surface area (TPSA) is 76.6 Å². The SMILES string of the molecule is COC(=O)C1CN(S(=O)(=O)c2cccnc2Cl)C1. The summed E-state index contributed by atoms with van der Waals surface area (Å²) in [6, 6.07) is 2.88. The van der Waals surface area contributed by atoms with Crippen molar-refractivity contribution < 1.29 is 17.9 Å². The van der Waals surface area contributed by atoms with Crippen molar-refractivity contribution >= 4 is 27.6 Å². The lowest BCUT2D eigenvalue weighted by atomic mass is 10.0. The second kappa shape index (κ2) is 4.83. The van der Waals surface area contributed by atoms with Crippen molar-refractivity contribution in [2.24, 2.45) is 5.92 Å². The van der Waals surface area contributed by atoms with Crippen molar-refractivity contribution in [1.29, 1.82) is 0 Å². The van der Waals surface area contributed by atoms with Gasteiger partial charge in [0.1, 0.15) is 10.0 Å². The number of methoxy groups -OCH3 is 1. The van der Waals surface area contributed by atoms with Crippen molar-refractivity contribution in [3.8, 4) is 0 Å². The van der Waals surface area contributed by atoms with Crippen LogP contribution in [0.4, 0.5) is 0 Å². The summed E-state index contributed by atoms with van der Waals surface area (Å²) >= 11 is 5.75. The molecule has 0 aromatic carbocycles. The van der Waals surface area contributed by atoms with Crippen LogP contribution in [0.5, 0.6) is 0 Å². The van der Waals surface area contributed by atoms with Gasteiger partial charge in [-0.15, -0.1) is 0 Å². The number of halogens is 1. The summed E-state index contributed by atoms with van der Waals surface area (Å²) in [5.41, 5.74) is 0. The van der Waals surface area contributed by atoms with Crippen LogP contribution in [-0.2, 0) is 19.6 Å². The second-order valence-corrected chi connectivity index (χ2v) is 6.10. The Bertz CT molecular complexity index is 569. The Morgan fingerprint density at radius 3 is 2.78 bits per heavy atom. The summed E-state index contributed by atoms with van der Waals surface area (Å²) in [6.07, 6.45) is 1.41. The van der Waals surface area contributed by atoms with Gasteiger partial charge in [-0.1, -0.05) is 11.6 Å². The van der Waals surface area contributed by atoms with Crippen molar-refractivity contribution in [2.75, 3.05) is 20.2 Å². The van der Waals surface area contributed by atoms with E-state index in [0.717, 1.165) is 0 Å². The number of sulfonamides is 1. The van der Waals surface area contributed by atoms with Gasteiger partial charge in [0.2, 0.25) is 10.0 Å². The summed E-state index contributed by atoms with van der Waals surface area (Å²) in [4.78, 5) is 14.9. The van der Waals surface area contributed by atoms with E-state index in [2.05, 4.69) is 9.72 Å². The van der Waals surface area contributed by atoms with Gasteiger partial charge in [0.25, 0.3) is 0 Å². The molecule has 18 heavy (non-hydrogen) atoms. The fraction of sp³-hybridized carbons (Fsp3) is 0.400. The highest BCUT2D eigenvalue weighted by Gasteiger charge is 2.41. The van der Waals surface area contributed by atoms with Crippen molar-refractivity contribution in [3.63, 3.8) is 0 Å². The Morgan fingerprint density at radius 1 is 1.56 bits per heavy atom. The molecule has 2 rings (SSSR count). The molecule has 6 nitrogen and oxygen atoms in total. The van der Waals surface area contributed by atoms with Crippen LogP contribution in [0, 0.1) is 5.92 Å². The Hall–Kier alpha value is -1.18. The molecule has 1 aliphatic rings. The standard InChI is InChI=1S/C10H11ClN2O4S/c1-17-10(14)7-5-13(6-7)18(15,16)8-3-2-4-12-9(8)11/h2-4,7H,5-6H2,1H3. The molecule has 0 spiro atoms. The Kier molecular flexibility index (Phi) is 3.56. The number of carbonyl (C=O) groups excluding carboxylic acids is 1. The quantitative estimate of drug-likeness (QED) is 0.599. The molecule has 2 heterocycles. The lowest BCUT2D eigenvalue weighted by Gasteiger charge is -2.36. The van der Waals surface area contributed by atoms with E-state index in [-0.39, 0.29) is 23.1 Å². The minimum absolute atomic E-state index is 0.0463. The second-order valence-electron chi connectivity index (χ2n) is 3.83. The van der Waals surface area contributed by atoms with E-state index < -0.39 is 21.9 Å². The number of rotatable bonds is 3. The molecule has 0 bridgehead atoms. The number of hydrogen-bond donors (Lipinski definition) is 0. The molecule has 1 aromatic rings. The minimum Gasteiger partial charge on any atom is -0.469 e. The smallest absolute Gasteiger partial charge is 0.311 e. The van der Waals surface area contributed by atoms with Crippen LogP contribution in [0.15, 0.2) is 23.2 Å². The van der Waals surface area contributed by atoms with Crippen LogP contribution in [0.25, 0.3) is 0 Å². The lowest BCUT2D eigenvalue weighted by Crippen LogP contribution is -2.53. The molecule has 1 fully saturated rings. The Labute approximate surface area is 110 Å². The summed E-state index contributed by atoms with van der Waals surface area (Å²) in [6.45, 7) is 0.223. The number of ether oxygens (including phenoxy) is 1. The molecule has 98 valence electrons. The number of carbonyl (C=O) groups is 1. The summed E-state index contributed by atoms with van der Waals surface area (Å²) < 4.78 is 30.0. The zero-order chi connectivity index (χ0) is 13.3. The molecule has 1 aliphatic heterocycles. The van der Waals surface area contributed by atoms with Gasteiger partial charge in [-0.2, -0.15) is 4.31 Å². The first kappa shape index (κ1) is 13.3. The zero-order valence-electron chi connectivity index (χ0n) is 9.54. The first-order valence-corrected chi connectivity index (χ1v) is 6.97. The molecule has 0 unspecified atom stereocenters. The van der Waals surface area contributed by atoms with E-state index in [4.69, 9.17) is 11.6 Å². The van der Waals surface area contributed by atoms with E-state index in [9.17, 15) is 13.2 Å². The first-order chi connectivity index (χ1) is 8.46. The van der Waals surface area contributed by atoms with Crippen molar-refractivity contribution in [3.05, 3.63) is 23.5 Å². The number of nitrogens with zero attached hydrogens (tertiary/aromatic N) is 2. The van der Waals surface area contributed by atoms with Gasteiger partial charge in [0, 0.05) is 19.3 Å². The van der Waals surface area contributed by atoms with E-state index in [1.165, 1.54) is 29.7 Å². The van der Waals surface area contributed by atoms with Gasteiger partial charge in [-0.25, -0.2) is 13.4 Å². The molecule has 0 amide bonds. The van der Waals surface area contributed by atoms with Gasteiger partial charge < -0.3 is 4.74 Å². The molecule has 0 N–H and O–H groups in total. The fourth-order valence-corrected chi connectivity index (χ4v) is 3.61. The maximum atomic E-state index is 12.1. The number of aromatic nitrogens is 1. The maximum absolute atomic E-state index is 12.1. The molecular weight excluding hydrogens is 280 g/mol. The average Bonchev–Trinajstić information content (AvgIpc) is 2.26. The monoisotopic (exact) mass is 290 g/mol. The zero-order valence-corrected chi connectivity index (χ0v) is 11.1. The van der Waals surface area contributed by atoms with Gasteiger partial charge >= 0.3 is 5.97 Å². The maximum Gasteiger partial charge on any atom is 0.311 e. The number of hydrogen-bond acceptors (Lipinski definition) is 5. The molecule has 0 radical (unpaired) electrons. The molecule has 0 saturated carbocycles. The molecule has 8 heteroatoms. The van der Waals surface area contributed by atoms with Gasteiger partial charge in [0.15, 0.2) is 0 Å². The Morgan fingerprint density at radius 2 is 2.22 bits per heavy atom. The van der Waals surface area contributed by atoms with Crippen LogP contribution >= 0.6 is 11.6 Å². The van der Waals surface area contributed by atoms with E-state index in [1.54, 1.807) is 0 Å². The largest absolute Gasteiger partial charge is 0.469 e. The van der Waals surface area contributed by atoms with Crippen LogP contribution in [0.1, 0.15) is 0 Å². The molecule has 0 atom stereocenters. The molecular formula is C10H11ClN2O4S. The molecule has 0 aliphatic carbocycles. The van der Waals surface area contributed by atoms with Crippen molar-refractivity contribution in [2.45, 2.75) is 4.90 Å². The van der Waals surface area contributed by atoms with Crippen LogP contribution in [0.3, 0.4) is 0 Å². The van der Waals surface area contributed by atoms with E-state index >= 15 is 0 Å². The normalized spacial score (nSPS) is 17.2. The summed E-state index contributed by atoms with van der Waals surface area (Å²) in [7, 11) is -2.40. The predicted molar refractivity (Wildman–Crippen MR) is 63.5 cm³/mol. The highest BCUT2D eigenvalue weighted by molar-refractivity contribution is 7.89. The number of pyridine rings is 1. The summed E-state index contributed by atoms with van der Waals surface area (Å²) in [5.74, 6) is -0.807. The van der Waals surface area contributed by atoms with Crippen LogP contribution < -0.4 is 0 Å². The van der Waals surface area contributed by atoms with E-state index in [1.807, 2.05) is 0 Å². The highest BCUT2D eigenvalue weighted by Crippen LogP contribution is 2.28. The highest BCUT2D eigenvalue weighted by atomic mass is 35.5. The third-order valence-electron chi connectivity index (χ3n) is 2.73. The fourth-order valence-electron chi connectivity index (χ4n) is 1.65. The first-order valence-electron chi connectivity index (χ1n) is 5.15. The van der Waals surface area contributed by atoms with E-state index in [0.29, 0.717) is 0 Å². The molecule has 1 aromatic heterocycles. The van der Waals surface area contributed by atoms with Gasteiger partial charge in [-0.05, 0) is 12.1 Å². The Balaban J connectivity index is 2.16. The number of esters is 1. The average molecular weight is 291 g/mol. The van der Waals surface area contributed by atoms with Gasteiger partial charge in [-0.3, -0.25) is 4.79 Å². The van der Waals surface area contributed by atoms with Crippen molar-refractivity contribution in [1.82, 2.24) is 9.29 Å².